The molecule has 0 bridgehead atoms. The van der Waals surface area contributed by atoms with Crippen LogP contribution in [-0.4, -0.2) is 33.5 Å². The zero-order valence-electron chi connectivity index (χ0n) is 15.3. The molecule has 26 heavy (non-hydrogen) atoms. The van der Waals surface area contributed by atoms with Crippen LogP contribution in [0.15, 0.2) is 72.5 Å². The van der Waals surface area contributed by atoms with Crippen molar-refractivity contribution in [1.82, 2.24) is 0 Å². The maximum Gasteiger partial charge on any atom is 0.0950 e. The standard InChI is InChI=1S/C22H24N4/c1-23-15-25(21-12-5-3-10-19(21)23)17-8-7-9-18(14-17)26-16-24(2)20-11-4-6-13-22(20)26/h3-8,10-14,18H,9,15-16H2,1-2H3. The van der Waals surface area contributed by atoms with Gasteiger partial charge in [0.2, 0.25) is 0 Å². The number of para-hydroxylation sites is 4. The second-order valence-electron chi connectivity index (χ2n) is 7.35. The lowest BCUT2D eigenvalue weighted by Gasteiger charge is -2.31. The number of nitrogens with zero attached hydrogens (tertiary/aromatic N) is 4. The van der Waals surface area contributed by atoms with Crippen molar-refractivity contribution in [3.63, 3.8) is 0 Å². The first kappa shape index (κ1) is 15.4. The Morgan fingerprint density at radius 1 is 0.769 bits per heavy atom. The van der Waals surface area contributed by atoms with Crippen LogP contribution >= 0.6 is 0 Å². The molecule has 0 fully saturated rings. The normalized spacial score (nSPS) is 21.2. The van der Waals surface area contributed by atoms with Crippen molar-refractivity contribution >= 4 is 22.7 Å². The van der Waals surface area contributed by atoms with E-state index in [1.807, 2.05) is 0 Å². The highest BCUT2D eigenvalue weighted by atomic mass is 15.4. The Kier molecular flexibility index (Phi) is 3.45. The van der Waals surface area contributed by atoms with Crippen LogP contribution in [0, 0.1) is 0 Å². The Labute approximate surface area is 155 Å². The van der Waals surface area contributed by atoms with Gasteiger partial charge >= 0.3 is 0 Å². The quantitative estimate of drug-likeness (QED) is 0.815. The molecule has 4 nitrogen and oxygen atoms in total. The van der Waals surface area contributed by atoms with Crippen molar-refractivity contribution in [3.8, 4) is 0 Å². The van der Waals surface area contributed by atoms with Crippen molar-refractivity contribution in [3.05, 3.63) is 72.5 Å². The number of benzene rings is 2. The summed E-state index contributed by atoms with van der Waals surface area (Å²) in [6, 6.07) is 17.8. The third kappa shape index (κ3) is 2.29. The summed E-state index contributed by atoms with van der Waals surface area (Å²) >= 11 is 0. The average molecular weight is 344 g/mol. The largest absolute Gasteiger partial charge is 0.355 e. The summed E-state index contributed by atoms with van der Waals surface area (Å²) in [6.45, 7) is 1.84. The first-order chi connectivity index (χ1) is 12.7. The predicted octanol–water partition coefficient (Wildman–Crippen LogP) is 4.03. The molecular formula is C22H24N4. The molecule has 0 spiro atoms. The van der Waals surface area contributed by atoms with E-state index in [1.165, 1.54) is 28.4 Å². The molecule has 5 rings (SSSR count). The molecular weight excluding hydrogens is 320 g/mol. The summed E-state index contributed by atoms with van der Waals surface area (Å²) in [5.74, 6) is 0. The zero-order chi connectivity index (χ0) is 17.7. The summed E-state index contributed by atoms with van der Waals surface area (Å²) < 4.78 is 0. The van der Waals surface area contributed by atoms with Crippen molar-refractivity contribution < 1.29 is 0 Å². The maximum atomic E-state index is 2.52. The van der Waals surface area contributed by atoms with Crippen LogP contribution in [0.25, 0.3) is 0 Å². The summed E-state index contributed by atoms with van der Waals surface area (Å²) in [5, 5.41) is 0. The monoisotopic (exact) mass is 344 g/mol. The van der Waals surface area contributed by atoms with E-state index in [9.17, 15) is 0 Å². The van der Waals surface area contributed by atoms with Gasteiger partial charge in [0.15, 0.2) is 0 Å². The van der Waals surface area contributed by atoms with Gasteiger partial charge in [0.05, 0.1) is 42.1 Å². The smallest absolute Gasteiger partial charge is 0.0950 e. The Morgan fingerprint density at radius 2 is 1.38 bits per heavy atom. The SMILES string of the molecule is CN1CN(C2=CC(N3CN(C)c4ccccc43)CC=C2)c2ccccc21. The lowest BCUT2D eigenvalue weighted by atomic mass is 10.0. The first-order valence-corrected chi connectivity index (χ1v) is 9.25. The third-order valence-electron chi connectivity index (χ3n) is 5.65. The molecule has 2 aromatic carbocycles. The topological polar surface area (TPSA) is 13.0 Å². The molecule has 0 aromatic heterocycles. The highest BCUT2D eigenvalue weighted by Gasteiger charge is 2.31. The number of hydrogen-bond donors (Lipinski definition) is 0. The number of hydrogen-bond acceptors (Lipinski definition) is 4. The predicted molar refractivity (Wildman–Crippen MR) is 110 cm³/mol. The van der Waals surface area contributed by atoms with Gasteiger partial charge < -0.3 is 19.6 Å². The van der Waals surface area contributed by atoms with E-state index in [0.29, 0.717) is 6.04 Å². The fourth-order valence-electron chi connectivity index (χ4n) is 4.34. The van der Waals surface area contributed by atoms with E-state index in [0.717, 1.165) is 19.8 Å². The molecule has 0 N–H and O–H groups in total. The fourth-order valence-corrected chi connectivity index (χ4v) is 4.34. The van der Waals surface area contributed by atoms with E-state index < -0.39 is 0 Å². The van der Waals surface area contributed by atoms with Gasteiger partial charge in [-0.25, -0.2) is 0 Å². The van der Waals surface area contributed by atoms with E-state index >= 15 is 0 Å². The maximum absolute atomic E-state index is 2.52. The minimum absolute atomic E-state index is 0.388. The Bertz CT molecular complexity index is 901. The van der Waals surface area contributed by atoms with Gasteiger partial charge in [0.1, 0.15) is 0 Å². The summed E-state index contributed by atoms with van der Waals surface area (Å²) in [5.41, 5.74) is 6.55. The highest BCUT2D eigenvalue weighted by molar-refractivity contribution is 5.80. The Morgan fingerprint density at radius 3 is 2.15 bits per heavy atom. The molecule has 2 aromatic rings. The summed E-state index contributed by atoms with van der Waals surface area (Å²) in [4.78, 5) is 9.58. The van der Waals surface area contributed by atoms with Gasteiger partial charge in [-0.05, 0) is 42.8 Å². The van der Waals surface area contributed by atoms with Gasteiger partial charge in [-0.3, -0.25) is 0 Å². The van der Waals surface area contributed by atoms with Crippen molar-refractivity contribution in [2.75, 3.05) is 47.0 Å². The van der Waals surface area contributed by atoms with Crippen LogP contribution in [-0.2, 0) is 0 Å². The van der Waals surface area contributed by atoms with Crippen LogP contribution in [0.4, 0.5) is 22.7 Å². The zero-order valence-corrected chi connectivity index (χ0v) is 15.3. The molecule has 2 aliphatic heterocycles. The molecule has 0 saturated heterocycles. The molecule has 0 saturated carbocycles. The second kappa shape index (κ2) is 5.84. The Balaban J connectivity index is 1.48. The first-order valence-electron chi connectivity index (χ1n) is 9.25. The van der Waals surface area contributed by atoms with E-state index in [-0.39, 0.29) is 0 Å². The van der Waals surface area contributed by atoms with Gasteiger partial charge in [-0.15, -0.1) is 0 Å². The molecule has 0 amide bonds. The highest BCUT2D eigenvalue weighted by Crippen LogP contribution is 2.40. The van der Waals surface area contributed by atoms with Crippen molar-refractivity contribution in [1.29, 1.82) is 0 Å². The number of rotatable bonds is 2. The molecule has 4 heteroatoms. The minimum atomic E-state index is 0.388. The fraction of sp³-hybridized carbons (Fsp3) is 0.273. The van der Waals surface area contributed by atoms with E-state index in [2.05, 4.69) is 100 Å². The van der Waals surface area contributed by atoms with Gasteiger partial charge in [0.25, 0.3) is 0 Å². The number of anilines is 4. The molecule has 2 heterocycles. The summed E-state index contributed by atoms with van der Waals surface area (Å²) in [6.07, 6.45) is 8.09. The number of fused-ring (bicyclic) bond motifs is 2. The van der Waals surface area contributed by atoms with Crippen molar-refractivity contribution in [2.45, 2.75) is 12.5 Å². The number of allylic oxidation sites excluding steroid dienone is 1. The minimum Gasteiger partial charge on any atom is -0.355 e. The molecule has 1 aliphatic carbocycles. The van der Waals surface area contributed by atoms with Crippen LogP contribution in [0.1, 0.15) is 6.42 Å². The van der Waals surface area contributed by atoms with Crippen LogP contribution < -0.4 is 19.6 Å². The second-order valence-corrected chi connectivity index (χ2v) is 7.35. The van der Waals surface area contributed by atoms with E-state index in [1.54, 1.807) is 0 Å². The average Bonchev–Trinajstić information content (AvgIpc) is 3.20. The Hall–Kier alpha value is -2.88. The molecule has 0 radical (unpaired) electrons. The van der Waals surface area contributed by atoms with Crippen LogP contribution in [0.3, 0.4) is 0 Å². The van der Waals surface area contributed by atoms with Gasteiger partial charge in [-0.1, -0.05) is 30.3 Å². The lowest BCUT2D eigenvalue weighted by molar-refractivity contribution is 0.695. The molecule has 1 unspecified atom stereocenters. The summed E-state index contributed by atoms with van der Waals surface area (Å²) in [7, 11) is 4.34. The van der Waals surface area contributed by atoms with Crippen LogP contribution in [0.5, 0.6) is 0 Å². The third-order valence-corrected chi connectivity index (χ3v) is 5.65. The molecule has 3 aliphatic rings. The van der Waals surface area contributed by atoms with Crippen molar-refractivity contribution in [2.24, 2.45) is 0 Å². The lowest BCUT2D eigenvalue weighted by Crippen LogP contribution is -2.38. The van der Waals surface area contributed by atoms with E-state index in [4.69, 9.17) is 0 Å². The van der Waals surface area contributed by atoms with Crippen LogP contribution in [0.2, 0.25) is 0 Å². The van der Waals surface area contributed by atoms with Gasteiger partial charge in [0, 0.05) is 19.8 Å². The molecule has 132 valence electrons. The molecule has 1 atom stereocenters. The van der Waals surface area contributed by atoms with Gasteiger partial charge in [-0.2, -0.15) is 0 Å².